The van der Waals surface area contributed by atoms with Crippen molar-refractivity contribution in [2.45, 2.75) is 25.8 Å². The van der Waals surface area contributed by atoms with Crippen LogP contribution >= 0.6 is 11.8 Å². The number of hydrogen-bond acceptors (Lipinski definition) is 4. The molecule has 1 aromatic rings. The minimum absolute atomic E-state index is 0.341. The molecular formula is C15H25NO2S. The predicted octanol–water partition coefficient (Wildman–Crippen LogP) is 3.50. The maximum atomic E-state index is 5.50. The minimum Gasteiger partial charge on any atom is -0.497 e. The first kappa shape index (κ1) is 16.2. The summed E-state index contributed by atoms with van der Waals surface area (Å²) in [5.74, 6) is 2.87. The molecule has 3 nitrogen and oxygen atoms in total. The Morgan fingerprint density at radius 1 is 1.26 bits per heavy atom. The molecule has 0 spiro atoms. The molecule has 1 rings (SSSR count). The molecule has 0 bridgehead atoms. The van der Waals surface area contributed by atoms with Crippen molar-refractivity contribution in [2.24, 2.45) is 0 Å². The van der Waals surface area contributed by atoms with Crippen LogP contribution in [0.4, 0.5) is 0 Å². The van der Waals surface area contributed by atoms with E-state index in [9.17, 15) is 0 Å². The van der Waals surface area contributed by atoms with E-state index in [0.717, 1.165) is 36.6 Å². The smallest absolute Gasteiger partial charge is 0.127 e. The topological polar surface area (TPSA) is 30.5 Å². The van der Waals surface area contributed by atoms with Crippen LogP contribution in [-0.2, 0) is 0 Å². The van der Waals surface area contributed by atoms with Crippen LogP contribution in [0.25, 0.3) is 0 Å². The fourth-order valence-corrected chi connectivity index (χ4v) is 2.50. The first-order chi connectivity index (χ1) is 9.26. The molecule has 0 saturated heterocycles. The quantitative estimate of drug-likeness (QED) is 0.751. The van der Waals surface area contributed by atoms with Gasteiger partial charge in [-0.05, 0) is 37.5 Å². The van der Waals surface area contributed by atoms with Crippen molar-refractivity contribution in [3.8, 4) is 11.5 Å². The van der Waals surface area contributed by atoms with Gasteiger partial charge < -0.3 is 14.8 Å². The van der Waals surface area contributed by atoms with Gasteiger partial charge in [0.25, 0.3) is 0 Å². The van der Waals surface area contributed by atoms with Gasteiger partial charge in [0.2, 0.25) is 0 Å². The lowest BCUT2D eigenvalue weighted by Crippen LogP contribution is -2.23. The molecule has 0 aromatic heterocycles. The Bertz CT molecular complexity index is 363. The number of benzene rings is 1. The lowest BCUT2D eigenvalue weighted by Gasteiger charge is -2.21. The van der Waals surface area contributed by atoms with Crippen LogP contribution in [0.2, 0.25) is 0 Å². The van der Waals surface area contributed by atoms with Crippen LogP contribution in [0.1, 0.15) is 31.4 Å². The van der Waals surface area contributed by atoms with Crippen LogP contribution in [0.5, 0.6) is 11.5 Å². The fraction of sp³-hybridized carbons (Fsp3) is 0.600. The zero-order chi connectivity index (χ0) is 14.1. The molecule has 0 amide bonds. The van der Waals surface area contributed by atoms with Crippen molar-refractivity contribution in [1.82, 2.24) is 5.32 Å². The van der Waals surface area contributed by atoms with Gasteiger partial charge in [-0.3, -0.25) is 0 Å². The van der Waals surface area contributed by atoms with Crippen molar-refractivity contribution in [3.05, 3.63) is 23.8 Å². The second-order valence-corrected chi connectivity index (χ2v) is 5.38. The van der Waals surface area contributed by atoms with E-state index in [1.807, 2.05) is 23.9 Å². The van der Waals surface area contributed by atoms with Crippen molar-refractivity contribution in [3.63, 3.8) is 0 Å². The largest absolute Gasteiger partial charge is 0.497 e. The van der Waals surface area contributed by atoms with E-state index in [0.29, 0.717) is 6.04 Å². The van der Waals surface area contributed by atoms with Crippen LogP contribution in [0.15, 0.2) is 18.2 Å². The highest BCUT2D eigenvalue weighted by molar-refractivity contribution is 7.98. The van der Waals surface area contributed by atoms with Gasteiger partial charge in [0.15, 0.2) is 0 Å². The highest BCUT2D eigenvalue weighted by Gasteiger charge is 2.15. The van der Waals surface area contributed by atoms with Crippen LogP contribution < -0.4 is 14.8 Å². The SMILES string of the molecule is CCCNC(CCSC)c1ccc(OC)cc1OC. The summed E-state index contributed by atoms with van der Waals surface area (Å²) in [6, 6.07) is 6.39. The summed E-state index contributed by atoms with van der Waals surface area (Å²) in [6.07, 6.45) is 4.38. The molecule has 108 valence electrons. The van der Waals surface area contributed by atoms with E-state index in [-0.39, 0.29) is 0 Å². The molecule has 0 radical (unpaired) electrons. The first-order valence-electron chi connectivity index (χ1n) is 6.71. The van der Waals surface area contributed by atoms with Gasteiger partial charge in [0.05, 0.1) is 14.2 Å². The summed E-state index contributed by atoms with van der Waals surface area (Å²) in [6.45, 7) is 3.21. The number of hydrogen-bond donors (Lipinski definition) is 1. The van der Waals surface area contributed by atoms with Gasteiger partial charge >= 0.3 is 0 Å². The molecule has 1 atom stereocenters. The Hall–Kier alpha value is -0.870. The second-order valence-electron chi connectivity index (χ2n) is 4.40. The standard InChI is InChI=1S/C15H25NO2S/c1-5-9-16-14(8-10-19-4)13-7-6-12(17-2)11-15(13)18-3/h6-7,11,14,16H,5,8-10H2,1-4H3. The van der Waals surface area contributed by atoms with Gasteiger partial charge in [-0.2, -0.15) is 11.8 Å². The minimum atomic E-state index is 0.341. The number of ether oxygens (including phenoxy) is 2. The Labute approximate surface area is 121 Å². The summed E-state index contributed by atoms with van der Waals surface area (Å²) in [5, 5.41) is 3.60. The molecule has 1 unspecified atom stereocenters. The van der Waals surface area contributed by atoms with E-state index in [2.05, 4.69) is 24.6 Å². The molecule has 1 aromatic carbocycles. The Morgan fingerprint density at radius 3 is 2.63 bits per heavy atom. The molecular weight excluding hydrogens is 258 g/mol. The average Bonchev–Trinajstić information content (AvgIpc) is 2.47. The third-order valence-electron chi connectivity index (χ3n) is 3.07. The number of nitrogens with one attached hydrogen (secondary N) is 1. The molecule has 0 fully saturated rings. The van der Waals surface area contributed by atoms with Crippen LogP contribution in [0, 0.1) is 0 Å². The summed E-state index contributed by atoms with van der Waals surface area (Å²) >= 11 is 1.87. The molecule has 19 heavy (non-hydrogen) atoms. The highest BCUT2D eigenvalue weighted by atomic mass is 32.2. The fourth-order valence-electron chi connectivity index (χ4n) is 2.03. The van der Waals surface area contributed by atoms with Gasteiger partial charge in [0.1, 0.15) is 11.5 Å². The average molecular weight is 283 g/mol. The van der Waals surface area contributed by atoms with Gasteiger partial charge in [-0.25, -0.2) is 0 Å². The molecule has 0 aliphatic rings. The summed E-state index contributed by atoms with van der Waals surface area (Å²) < 4.78 is 10.8. The van der Waals surface area contributed by atoms with Crippen LogP contribution in [-0.4, -0.2) is 32.8 Å². The van der Waals surface area contributed by atoms with E-state index in [4.69, 9.17) is 9.47 Å². The molecule has 0 heterocycles. The van der Waals surface area contributed by atoms with Crippen molar-refractivity contribution >= 4 is 11.8 Å². The van der Waals surface area contributed by atoms with E-state index in [1.54, 1.807) is 14.2 Å². The molecule has 0 saturated carbocycles. The normalized spacial score (nSPS) is 12.2. The number of rotatable bonds is 9. The van der Waals surface area contributed by atoms with Crippen LogP contribution in [0.3, 0.4) is 0 Å². The Balaban J connectivity index is 2.91. The molecule has 1 N–H and O–H groups in total. The monoisotopic (exact) mass is 283 g/mol. The van der Waals surface area contributed by atoms with Gasteiger partial charge in [-0.1, -0.05) is 13.0 Å². The predicted molar refractivity (Wildman–Crippen MR) is 83.6 cm³/mol. The summed E-state index contributed by atoms with van der Waals surface area (Å²) in [4.78, 5) is 0. The highest BCUT2D eigenvalue weighted by Crippen LogP contribution is 2.31. The summed E-state index contributed by atoms with van der Waals surface area (Å²) in [7, 11) is 3.39. The van der Waals surface area contributed by atoms with E-state index in [1.165, 1.54) is 5.56 Å². The zero-order valence-corrected chi connectivity index (χ0v) is 13.2. The maximum Gasteiger partial charge on any atom is 0.127 e. The molecule has 0 aliphatic heterocycles. The third kappa shape index (κ3) is 4.96. The number of methoxy groups -OCH3 is 2. The van der Waals surface area contributed by atoms with E-state index < -0.39 is 0 Å². The van der Waals surface area contributed by atoms with Crippen molar-refractivity contribution < 1.29 is 9.47 Å². The van der Waals surface area contributed by atoms with Gasteiger partial charge in [-0.15, -0.1) is 0 Å². The molecule has 0 aliphatic carbocycles. The summed E-state index contributed by atoms with van der Waals surface area (Å²) in [5.41, 5.74) is 1.21. The first-order valence-corrected chi connectivity index (χ1v) is 8.10. The maximum absolute atomic E-state index is 5.50. The van der Waals surface area contributed by atoms with Gasteiger partial charge in [0, 0.05) is 17.7 Å². The second kappa shape index (κ2) is 9.10. The number of thioether (sulfide) groups is 1. The van der Waals surface area contributed by atoms with Crippen molar-refractivity contribution in [1.29, 1.82) is 0 Å². The third-order valence-corrected chi connectivity index (χ3v) is 3.71. The lowest BCUT2D eigenvalue weighted by molar-refractivity contribution is 0.383. The Kier molecular flexibility index (Phi) is 7.75. The van der Waals surface area contributed by atoms with Crippen molar-refractivity contribution in [2.75, 3.05) is 32.8 Å². The zero-order valence-electron chi connectivity index (χ0n) is 12.4. The lowest BCUT2D eigenvalue weighted by atomic mass is 10.0. The van der Waals surface area contributed by atoms with E-state index >= 15 is 0 Å². The Morgan fingerprint density at radius 2 is 2.05 bits per heavy atom. The molecule has 4 heteroatoms.